The van der Waals surface area contributed by atoms with Gasteiger partial charge >= 0.3 is 0 Å². The highest BCUT2D eigenvalue weighted by atomic mass is 16.5. The van der Waals surface area contributed by atoms with Gasteiger partial charge in [-0.1, -0.05) is 18.2 Å². The molecular weight excluding hydrogens is 382 g/mol. The van der Waals surface area contributed by atoms with E-state index in [0.717, 1.165) is 30.8 Å². The number of likely N-dealkylation sites (tertiary alicyclic amines) is 1. The van der Waals surface area contributed by atoms with Gasteiger partial charge in [0.05, 0.1) is 26.1 Å². The number of hydrogen-bond donors (Lipinski definition) is 1. The van der Waals surface area contributed by atoms with E-state index in [9.17, 15) is 5.11 Å². The highest BCUT2D eigenvalue weighted by Crippen LogP contribution is 2.32. The normalized spacial score (nSPS) is 19.4. The molecule has 1 N–H and O–H groups in total. The van der Waals surface area contributed by atoms with Gasteiger partial charge in [0.1, 0.15) is 18.0 Å². The smallest absolute Gasteiger partial charge is 0.164 e. The second kappa shape index (κ2) is 9.19. The van der Waals surface area contributed by atoms with Crippen LogP contribution in [0.4, 0.5) is 0 Å². The van der Waals surface area contributed by atoms with Gasteiger partial charge in [-0.05, 0) is 30.7 Å². The van der Waals surface area contributed by atoms with Crippen molar-refractivity contribution in [3.63, 3.8) is 0 Å². The van der Waals surface area contributed by atoms with E-state index in [-0.39, 0.29) is 6.10 Å². The Morgan fingerprint density at radius 3 is 2.60 bits per heavy atom. The number of rotatable bonds is 7. The Kier molecular flexibility index (Phi) is 6.21. The maximum atomic E-state index is 10.6. The van der Waals surface area contributed by atoms with Crippen molar-refractivity contribution in [2.75, 3.05) is 27.3 Å². The molecule has 2 aromatic carbocycles. The van der Waals surface area contributed by atoms with Crippen LogP contribution in [0.3, 0.4) is 0 Å². The quantitative estimate of drug-likeness (QED) is 0.647. The van der Waals surface area contributed by atoms with Crippen LogP contribution in [0.15, 0.2) is 60.9 Å². The maximum absolute atomic E-state index is 10.6. The van der Waals surface area contributed by atoms with Crippen molar-refractivity contribution < 1.29 is 19.3 Å². The lowest BCUT2D eigenvalue weighted by Gasteiger charge is -2.35. The minimum atomic E-state index is -0.573. The molecule has 30 heavy (non-hydrogen) atoms. The fourth-order valence-corrected chi connectivity index (χ4v) is 3.74. The molecule has 2 heterocycles. The van der Waals surface area contributed by atoms with Crippen LogP contribution in [0.25, 0.3) is 5.69 Å². The number of methoxy groups -OCH3 is 2. The number of benzene rings is 2. The van der Waals surface area contributed by atoms with E-state index in [1.165, 1.54) is 0 Å². The van der Waals surface area contributed by atoms with Gasteiger partial charge in [-0.15, -0.1) is 0 Å². The first kappa shape index (κ1) is 20.3. The van der Waals surface area contributed by atoms with Gasteiger partial charge in [-0.2, -0.15) is 5.10 Å². The summed E-state index contributed by atoms with van der Waals surface area (Å²) in [6, 6.07) is 15.5. The molecule has 0 amide bonds. The standard InChI is InChI=1S/C23H27N3O4/c1-28-22-9-8-19(12-23(22)29-2)30-21-10-11-25(16-20(21)27)14-17-13-24-26(15-17)18-6-4-3-5-7-18/h3-9,12-13,15,20-21,27H,10-11,14,16H2,1-2H3/t20-,21-/m1/s1. The molecule has 0 bridgehead atoms. The lowest BCUT2D eigenvalue weighted by Crippen LogP contribution is -2.48. The highest BCUT2D eigenvalue weighted by Gasteiger charge is 2.29. The summed E-state index contributed by atoms with van der Waals surface area (Å²) in [4.78, 5) is 2.23. The molecule has 158 valence electrons. The van der Waals surface area contributed by atoms with Crippen LogP contribution in [-0.2, 0) is 6.54 Å². The fourth-order valence-electron chi connectivity index (χ4n) is 3.74. The van der Waals surface area contributed by atoms with Crippen LogP contribution in [0, 0.1) is 0 Å². The summed E-state index contributed by atoms with van der Waals surface area (Å²) in [5.41, 5.74) is 2.15. The zero-order valence-corrected chi connectivity index (χ0v) is 17.3. The Bertz CT molecular complexity index is 960. The molecule has 4 rings (SSSR count). The molecule has 0 unspecified atom stereocenters. The number of aliphatic hydroxyl groups excluding tert-OH is 1. The number of ether oxygens (including phenoxy) is 3. The molecular formula is C23H27N3O4. The first-order chi connectivity index (χ1) is 14.7. The zero-order chi connectivity index (χ0) is 20.9. The monoisotopic (exact) mass is 409 g/mol. The lowest BCUT2D eigenvalue weighted by atomic mass is 10.0. The zero-order valence-electron chi connectivity index (χ0n) is 17.3. The van der Waals surface area contributed by atoms with E-state index in [4.69, 9.17) is 14.2 Å². The Morgan fingerprint density at radius 2 is 1.87 bits per heavy atom. The van der Waals surface area contributed by atoms with Gasteiger partial charge in [-0.25, -0.2) is 4.68 Å². The Balaban J connectivity index is 1.34. The van der Waals surface area contributed by atoms with E-state index in [0.29, 0.717) is 23.8 Å². The molecule has 2 atom stereocenters. The van der Waals surface area contributed by atoms with Crippen LogP contribution < -0.4 is 14.2 Å². The first-order valence-electron chi connectivity index (χ1n) is 10.0. The minimum Gasteiger partial charge on any atom is -0.493 e. The molecule has 7 heteroatoms. The van der Waals surface area contributed by atoms with Crippen molar-refractivity contribution in [3.05, 3.63) is 66.5 Å². The van der Waals surface area contributed by atoms with E-state index >= 15 is 0 Å². The molecule has 1 saturated heterocycles. The fraction of sp³-hybridized carbons (Fsp3) is 0.348. The SMILES string of the molecule is COc1ccc(O[C@@H]2CCN(Cc3cnn(-c4ccccc4)c3)C[C@H]2O)cc1OC. The molecule has 0 saturated carbocycles. The predicted octanol–water partition coefficient (Wildman–Crippen LogP) is 2.90. The molecule has 3 aromatic rings. The summed E-state index contributed by atoms with van der Waals surface area (Å²) in [6.45, 7) is 2.13. The minimum absolute atomic E-state index is 0.258. The summed E-state index contributed by atoms with van der Waals surface area (Å²) in [7, 11) is 3.19. The molecule has 7 nitrogen and oxygen atoms in total. The Labute approximate surface area is 176 Å². The maximum Gasteiger partial charge on any atom is 0.164 e. The van der Waals surface area contributed by atoms with Gasteiger partial charge in [0, 0.05) is 37.5 Å². The first-order valence-corrected chi connectivity index (χ1v) is 10.0. The van der Waals surface area contributed by atoms with E-state index in [1.807, 2.05) is 53.5 Å². The van der Waals surface area contributed by atoms with Crippen molar-refractivity contribution in [3.8, 4) is 22.9 Å². The van der Waals surface area contributed by atoms with Gasteiger partial charge in [-0.3, -0.25) is 4.90 Å². The molecule has 0 aliphatic carbocycles. The number of aliphatic hydroxyl groups is 1. The molecule has 1 aliphatic heterocycles. The molecule has 1 aliphatic rings. The second-order valence-corrected chi connectivity index (χ2v) is 7.39. The van der Waals surface area contributed by atoms with E-state index < -0.39 is 6.10 Å². The number of nitrogens with zero attached hydrogens (tertiary/aromatic N) is 3. The van der Waals surface area contributed by atoms with Crippen molar-refractivity contribution in [1.29, 1.82) is 0 Å². The van der Waals surface area contributed by atoms with Crippen LogP contribution >= 0.6 is 0 Å². The summed E-state index contributed by atoms with van der Waals surface area (Å²) < 4.78 is 18.5. The van der Waals surface area contributed by atoms with Gasteiger partial charge in [0.2, 0.25) is 0 Å². The van der Waals surface area contributed by atoms with E-state index in [1.54, 1.807) is 26.4 Å². The van der Waals surface area contributed by atoms with Gasteiger partial charge in [0.15, 0.2) is 11.5 Å². The molecule has 0 spiro atoms. The summed E-state index contributed by atoms with van der Waals surface area (Å²) in [5, 5.41) is 15.1. The lowest BCUT2D eigenvalue weighted by molar-refractivity contribution is -0.0275. The third-order valence-corrected chi connectivity index (χ3v) is 5.31. The number of para-hydroxylation sites is 1. The van der Waals surface area contributed by atoms with Crippen molar-refractivity contribution in [2.24, 2.45) is 0 Å². The molecule has 1 aromatic heterocycles. The second-order valence-electron chi connectivity index (χ2n) is 7.39. The van der Waals surface area contributed by atoms with Crippen molar-refractivity contribution >= 4 is 0 Å². The van der Waals surface area contributed by atoms with Crippen LogP contribution in [0.1, 0.15) is 12.0 Å². The van der Waals surface area contributed by atoms with Crippen molar-refractivity contribution in [2.45, 2.75) is 25.2 Å². The topological polar surface area (TPSA) is 69.0 Å². The van der Waals surface area contributed by atoms with Crippen LogP contribution in [0.2, 0.25) is 0 Å². The Hall–Kier alpha value is -3.03. The van der Waals surface area contributed by atoms with Crippen molar-refractivity contribution in [1.82, 2.24) is 14.7 Å². The number of piperidine rings is 1. The van der Waals surface area contributed by atoms with Crippen LogP contribution in [-0.4, -0.2) is 59.3 Å². The number of β-amino-alcohol motifs (C(OH)–C–C–N with tert-alkyl or cyclic N) is 1. The van der Waals surface area contributed by atoms with Gasteiger partial charge < -0.3 is 19.3 Å². The average Bonchev–Trinajstić information content (AvgIpc) is 3.24. The molecule has 0 radical (unpaired) electrons. The molecule has 1 fully saturated rings. The predicted molar refractivity (Wildman–Crippen MR) is 113 cm³/mol. The number of hydrogen-bond acceptors (Lipinski definition) is 6. The summed E-state index contributed by atoms with van der Waals surface area (Å²) in [6.07, 6.45) is 3.82. The largest absolute Gasteiger partial charge is 0.493 e. The third-order valence-electron chi connectivity index (χ3n) is 5.31. The van der Waals surface area contributed by atoms with Gasteiger partial charge in [0.25, 0.3) is 0 Å². The Morgan fingerprint density at radius 1 is 1.07 bits per heavy atom. The number of aromatic nitrogens is 2. The van der Waals surface area contributed by atoms with Crippen LogP contribution in [0.5, 0.6) is 17.2 Å². The average molecular weight is 409 g/mol. The summed E-state index contributed by atoms with van der Waals surface area (Å²) in [5.74, 6) is 1.92. The highest BCUT2D eigenvalue weighted by molar-refractivity contribution is 5.45. The summed E-state index contributed by atoms with van der Waals surface area (Å²) >= 11 is 0. The third kappa shape index (κ3) is 4.58. The van der Waals surface area contributed by atoms with E-state index in [2.05, 4.69) is 10.00 Å².